The van der Waals surface area contributed by atoms with E-state index in [9.17, 15) is 0 Å². The number of halogens is 2. The van der Waals surface area contributed by atoms with E-state index < -0.39 is 5.54 Å². The number of hydrogen-bond acceptors (Lipinski definition) is 4. The minimum atomic E-state index is -0.894. The van der Waals surface area contributed by atoms with E-state index >= 15 is 0 Å². The average molecular weight is 359 g/mol. The third-order valence-electron chi connectivity index (χ3n) is 3.95. The highest BCUT2D eigenvalue weighted by molar-refractivity contribution is 6.42. The largest absolute Gasteiger partial charge is 0.328 e. The van der Waals surface area contributed by atoms with Crippen molar-refractivity contribution in [2.75, 3.05) is 6.54 Å². The van der Waals surface area contributed by atoms with Crippen molar-refractivity contribution < 1.29 is 0 Å². The van der Waals surface area contributed by atoms with Gasteiger partial charge in [0.1, 0.15) is 6.33 Å². The van der Waals surface area contributed by atoms with E-state index in [0.717, 1.165) is 11.1 Å². The van der Waals surface area contributed by atoms with E-state index in [1.165, 1.54) is 6.33 Å². The zero-order valence-corrected chi connectivity index (χ0v) is 14.3. The topological polar surface area (TPSA) is 77.8 Å². The van der Waals surface area contributed by atoms with Gasteiger partial charge in [0.25, 0.3) is 0 Å². The first-order valence-electron chi connectivity index (χ1n) is 7.37. The Morgan fingerprint density at radius 3 is 2.33 bits per heavy atom. The van der Waals surface area contributed by atoms with Crippen LogP contribution in [0.25, 0.3) is 11.3 Å². The molecule has 0 fully saturated rings. The smallest absolute Gasteiger partial charge is 0.116 e. The fourth-order valence-corrected chi connectivity index (χ4v) is 2.82. The summed E-state index contributed by atoms with van der Waals surface area (Å²) in [6.07, 6.45) is 1.48. The molecular weight excluding hydrogens is 343 g/mol. The van der Waals surface area contributed by atoms with Gasteiger partial charge in [-0.2, -0.15) is 0 Å². The predicted octanol–water partition coefficient (Wildman–Crippen LogP) is 3.61. The van der Waals surface area contributed by atoms with Crippen molar-refractivity contribution >= 4 is 23.2 Å². The first-order chi connectivity index (χ1) is 11.5. The molecule has 122 valence electrons. The van der Waals surface area contributed by atoms with Gasteiger partial charge in [-0.15, -0.1) is 0 Å². The Hall–Kier alpha value is -1.98. The van der Waals surface area contributed by atoms with E-state index in [0.29, 0.717) is 21.4 Å². The van der Waals surface area contributed by atoms with E-state index in [4.69, 9.17) is 34.7 Å². The molecule has 0 aliphatic rings. The van der Waals surface area contributed by atoms with Gasteiger partial charge in [-0.3, -0.25) is 0 Å². The minimum absolute atomic E-state index is 0.217. The zero-order chi connectivity index (χ0) is 17.2. The van der Waals surface area contributed by atoms with Crippen molar-refractivity contribution in [3.8, 4) is 11.3 Å². The quantitative estimate of drug-likeness (QED) is 0.746. The summed E-state index contributed by atoms with van der Waals surface area (Å²) in [5.74, 6) is 0. The summed E-state index contributed by atoms with van der Waals surface area (Å²) in [4.78, 5) is 8.66. The third-order valence-corrected chi connectivity index (χ3v) is 4.69. The summed E-state index contributed by atoms with van der Waals surface area (Å²) in [5.41, 5.74) is 14.7. The molecule has 6 heteroatoms. The fraction of sp³-hybridized carbons (Fsp3) is 0.111. The lowest BCUT2D eigenvalue weighted by Crippen LogP contribution is -2.45. The van der Waals surface area contributed by atoms with Crippen molar-refractivity contribution in [1.29, 1.82) is 0 Å². The van der Waals surface area contributed by atoms with Crippen LogP contribution in [0, 0.1) is 0 Å². The number of nitrogens with zero attached hydrogens (tertiary/aromatic N) is 2. The molecule has 0 radical (unpaired) electrons. The van der Waals surface area contributed by atoms with Crippen molar-refractivity contribution in [2.45, 2.75) is 5.54 Å². The molecule has 0 aliphatic carbocycles. The zero-order valence-electron chi connectivity index (χ0n) is 12.8. The second-order valence-electron chi connectivity index (χ2n) is 5.46. The van der Waals surface area contributed by atoms with Gasteiger partial charge in [-0.1, -0.05) is 59.6 Å². The van der Waals surface area contributed by atoms with Gasteiger partial charge in [0.15, 0.2) is 0 Å². The van der Waals surface area contributed by atoms with Gasteiger partial charge < -0.3 is 11.5 Å². The molecule has 24 heavy (non-hydrogen) atoms. The van der Waals surface area contributed by atoms with Crippen molar-refractivity contribution in [1.82, 2.24) is 9.97 Å². The predicted molar refractivity (Wildman–Crippen MR) is 98.0 cm³/mol. The molecule has 3 rings (SSSR count). The van der Waals surface area contributed by atoms with Crippen LogP contribution in [0.3, 0.4) is 0 Å². The molecule has 4 nitrogen and oxygen atoms in total. The molecule has 2 aromatic carbocycles. The SMILES string of the molecule is NCC(N)(c1ccccc1)c1cc(-c2ccc(Cl)c(Cl)c2)ncn1. The molecule has 0 aliphatic heterocycles. The third kappa shape index (κ3) is 3.14. The molecule has 1 aromatic heterocycles. The maximum absolute atomic E-state index is 6.58. The van der Waals surface area contributed by atoms with Crippen LogP contribution in [-0.2, 0) is 5.54 Å². The number of benzene rings is 2. The van der Waals surface area contributed by atoms with E-state index in [1.807, 2.05) is 42.5 Å². The van der Waals surface area contributed by atoms with Gasteiger partial charge >= 0.3 is 0 Å². The van der Waals surface area contributed by atoms with Crippen LogP contribution >= 0.6 is 23.2 Å². The van der Waals surface area contributed by atoms with E-state index in [1.54, 1.807) is 12.1 Å². The van der Waals surface area contributed by atoms with Crippen molar-refractivity contribution in [3.05, 3.63) is 82.2 Å². The van der Waals surface area contributed by atoms with Gasteiger partial charge in [-0.25, -0.2) is 9.97 Å². The number of hydrogen-bond donors (Lipinski definition) is 2. The Balaban J connectivity index is 2.08. The van der Waals surface area contributed by atoms with Crippen LogP contribution < -0.4 is 11.5 Å². The summed E-state index contributed by atoms with van der Waals surface area (Å²) >= 11 is 12.1. The number of aromatic nitrogens is 2. The Labute approximate surface area is 150 Å². The molecule has 0 amide bonds. The molecule has 4 N–H and O–H groups in total. The second-order valence-corrected chi connectivity index (χ2v) is 6.27. The first-order valence-corrected chi connectivity index (χ1v) is 8.12. The van der Waals surface area contributed by atoms with Crippen LogP contribution in [0.1, 0.15) is 11.3 Å². The van der Waals surface area contributed by atoms with E-state index in [2.05, 4.69) is 9.97 Å². The monoisotopic (exact) mass is 358 g/mol. The first kappa shape index (κ1) is 16.9. The Bertz CT molecular complexity index is 855. The molecule has 0 saturated carbocycles. The highest BCUT2D eigenvalue weighted by Crippen LogP contribution is 2.30. The standard InChI is InChI=1S/C18H16Cl2N4/c19-14-7-6-12(8-15(14)20)16-9-17(24-11-23-16)18(22,10-21)13-4-2-1-3-5-13/h1-9,11H,10,21-22H2. The van der Waals surface area contributed by atoms with Gasteiger partial charge in [0, 0.05) is 12.1 Å². The summed E-state index contributed by atoms with van der Waals surface area (Å²) in [5, 5.41) is 0.962. The van der Waals surface area contributed by atoms with Crippen LogP contribution in [0.4, 0.5) is 0 Å². The van der Waals surface area contributed by atoms with Crippen LogP contribution in [0.15, 0.2) is 60.9 Å². The molecule has 1 unspecified atom stereocenters. The lowest BCUT2D eigenvalue weighted by Gasteiger charge is -2.28. The van der Waals surface area contributed by atoms with Crippen LogP contribution in [-0.4, -0.2) is 16.5 Å². The van der Waals surface area contributed by atoms with Crippen LogP contribution in [0.5, 0.6) is 0 Å². The van der Waals surface area contributed by atoms with Crippen molar-refractivity contribution in [2.24, 2.45) is 11.5 Å². The lowest BCUT2D eigenvalue weighted by atomic mass is 9.87. The Kier molecular flexibility index (Phi) is 4.83. The highest BCUT2D eigenvalue weighted by Gasteiger charge is 2.30. The highest BCUT2D eigenvalue weighted by atomic mass is 35.5. The summed E-state index contributed by atoms with van der Waals surface area (Å²) in [6, 6.07) is 16.8. The number of nitrogens with two attached hydrogens (primary N) is 2. The van der Waals surface area contributed by atoms with Crippen molar-refractivity contribution in [3.63, 3.8) is 0 Å². The normalized spacial score (nSPS) is 13.5. The fourth-order valence-electron chi connectivity index (χ4n) is 2.52. The minimum Gasteiger partial charge on any atom is -0.328 e. The molecule has 3 aromatic rings. The average Bonchev–Trinajstić information content (AvgIpc) is 2.64. The Morgan fingerprint density at radius 2 is 1.67 bits per heavy atom. The molecule has 1 heterocycles. The van der Waals surface area contributed by atoms with Gasteiger partial charge in [-0.05, 0) is 23.8 Å². The molecule has 0 saturated heterocycles. The van der Waals surface area contributed by atoms with Crippen LogP contribution in [0.2, 0.25) is 10.0 Å². The second kappa shape index (κ2) is 6.87. The molecule has 1 atom stereocenters. The maximum atomic E-state index is 6.58. The van der Waals surface area contributed by atoms with Gasteiger partial charge in [0.05, 0.1) is 27.0 Å². The number of rotatable bonds is 4. The maximum Gasteiger partial charge on any atom is 0.116 e. The Morgan fingerprint density at radius 1 is 0.917 bits per heavy atom. The lowest BCUT2D eigenvalue weighted by molar-refractivity contribution is 0.533. The summed E-state index contributed by atoms with van der Waals surface area (Å²) in [7, 11) is 0. The molecule has 0 spiro atoms. The van der Waals surface area contributed by atoms with Gasteiger partial charge in [0.2, 0.25) is 0 Å². The molecular formula is C18H16Cl2N4. The molecule has 0 bridgehead atoms. The summed E-state index contributed by atoms with van der Waals surface area (Å²) in [6.45, 7) is 0.217. The summed E-state index contributed by atoms with van der Waals surface area (Å²) < 4.78 is 0. The van der Waals surface area contributed by atoms with E-state index in [-0.39, 0.29) is 6.54 Å².